The fourth-order valence-corrected chi connectivity index (χ4v) is 9.22. The van der Waals surface area contributed by atoms with Gasteiger partial charge in [-0.15, -0.1) is 0 Å². The van der Waals surface area contributed by atoms with E-state index in [1.54, 1.807) is 0 Å². The highest BCUT2D eigenvalue weighted by atomic mass is 32.2. The lowest BCUT2D eigenvalue weighted by molar-refractivity contribution is 0.462. The first-order chi connectivity index (χ1) is 22.7. The largest absolute Gasteiger partial charge is 0.744 e. The number of hydrogen-bond donors (Lipinski definition) is 0. The summed E-state index contributed by atoms with van der Waals surface area (Å²) < 4.78 is 72.2. The maximum atomic E-state index is 15.0. The molecule has 8 heteroatoms. The average Bonchev–Trinajstić information content (AvgIpc) is 3.57. The molecule has 0 unspecified atom stereocenters. The molecule has 7 aromatic rings. The summed E-state index contributed by atoms with van der Waals surface area (Å²) in [5.74, 6) is 0.0331. The Morgan fingerprint density at radius 3 is 1.77 bits per heavy atom. The second-order valence-corrected chi connectivity index (χ2v) is 14.6. The van der Waals surface area contributed by atoms with Crippen molar-refractivity contribution in [1.82, 2.24) is 0 Å². The van der Waals surface area contributed by atoms with E-state index in [2.05, 4.69) is 0 Å². The van der Waals surface area contributed by atoms with Crippen molar-refractivity contribution < 1.29 is 25.6 Å². The molecule has 47 heavy (non-hydrogen) atoms. The van der Waals surface area contributed by atoms with Gasteiger partial charge in [0.05, 0.1) is 4.90 Å². The Bertz CT molecular complexity index is 2620. The molecule has 6 nitrogen and oxygen atoms in total. The van der Waals surface area contributed by atoms with Gasteiger partial charge in [-0.05, 0) is 86.5 Å². The van der Waals surface area contributed by atoms with Crippen LogP contribution in [0, 0.1) is 0 Å². The Hall–Kier alpha value is -5.02. The van der Waals surface area contributed by atoms with Crippen molar-refractivity contribution in [1.29, 1.82) is 0 Å². The van der Waals surface area contributed by atoms with Crippen LogP contribution in [0.1, 0.15) is 17.5 Å². The van der Waals surface area contributed by atoms with Crippen molar-refractivity contribution in [3.8, 4) is 28.0 Å². The first-order valence-corrected chi connectivity index (χ1v) is 18.1. The Morgan fingerprint density at radius 1 is 0.532 bits per heavy atom. The molecule has 232 valence electrons. The lowest BCUT2D eigenvalue weighted by Crippen LogP contribution is -2.15. The van der Waals surface area contributed by atoms with Crippen LogP contribution in [-0.2, 0) is 33.1 Å². The van der Waals surface area contributed by atoms with Crippen LogP contribution in [0.25, 0.3) is 54.6 Å². The van der Waals surface area contributed by atoms with Crippen molar-refractivity contribution >= 4 is 52.6 Å². The van der Waals surface area contributed by atoms with Gasteiger partial charge in [0.2, 0.25) is 0 Å². The summed E-state index contributed by atoms with van der Waals surface area (Å²) in [6, 6.07) is 39.5. The smallest absolute Gasteiger partial charge is 0.340 e. The van der Waals surface area contributed by atoms with Gasteiger partial charge >= 0.3 is 10.1 Å². The van der Waals surface area contributed by atoms with E-state index < -0.39 is 20.2 Å². The van der Waals surface area contributed by atoms with E-state index in [0.717, 1.165) is 49.5 Å². The van der Waals surface area contributed by atoms with Gasteiger partial charge in [0.15, 0.2) is 0 Å². The summed E-state index contributed by atoms with van der Waals surface area (Å²) in [4.78, 5) is -0.315. The first kappa shape index (κ1) is 29.4. The van der Waals surface area contributed by atoms with Gasteiger partial charge < -0.3 is 8.74 Å². The van der Waals surface area contributed by atoms with Gasteiger partial charge in [-0.3, -0.25) is 0 Å². The van der Waals surface area contributed by atoms with Crippen LogP contribution in [0.3, 0.4) is 0 Å². The minimum atomic E-state index is -4.75. The molecule has 0 saturated carbocycles. The SMILES string of the molecule is O=S(=O)([O-])c1ccc(OS(=O)(=O)c2c(-c3cccc4ccccc34)cc3ccccc3c2-c2cccc3ccccc23)c2c1CCC2. The van der Waals surface area contributed by atoms with Crippen LogP contribution in [-0.4, -0.2) is 21.4 Å². The summed E-state index contributed by atoms with van der Waals surface area (Å²) >= 11 is 0. The van der Waals surface area contributed by atoms with Crippen molar-refractivity contribution in [3.05, 3.63) is 139 Å². The second kappa shape index (κ2) is 11.1. The number of benzene rings is 7. The Morgan fingerprint density at radius 2 is 1.09 bits per heavy atom. The molecular formula is C39H27O6S2-. The van der Waals surface area contributed by atoms with Gasteiger partial charge in [-0.1, -0.05) is 109 Å². The monoisotopic (exact) mass is 655 g/mol. The van der Waals surface area contributed by atoms with Gasteiger partial charge in [0.25, 0.3) is 0 Å². The maximum Gasteiger partial charge on any atom is 0.340 e. The number of hydrogen-bond acceptors (Lipinski definition) is 6. The molecule has 0 fully saturated rings. The summed E-state index contributed by atoms with van der Waals surface area (Å²) in [5, 5.41) is 5.30. The molecule has 0 bridgehead atoms. The third-order valence-electron chi connectivity index (χ3n) is 9.06. The van der Waals surface area contributed by atoms with E-state index >= 15 is 0 Å². The molecule has 0 N–H and O–H groups in total. The van der Waals surface area contributed by atoms with Gasteiger partial charge in [0, 0.05) is 16.7 Å². The zero-order valence-electron chi connectivity index (χ0n) is 25.0. The lowest BCUT2D eigenvalue weighted by Gasteiger charge is -2.22. The van der Waals surface area contributed by atoms with Crippen LogP contribution in [0.5, 0.6) is 5.75 Å². The molecule has 0 spiro atoms. The molecule has 7 aromatic carbocycles. The van der Waals surface area contributed by atoms with Crippen molar-refractivity contribution in [3.63, 3.8) is 0 Å². The van der Waals surface area contributed by atoms with Crippen LogP contribution in [0.2, 0.25) is 0 Å². The highest BCUT2D eigenvalue weighted by molar-refractivity contribution is 7.87. The van der Waals surface area contributed by atoms with E-state index in [1.165, 1.54) is 6.07 Å². The fraction of sp³-hybridized carbons (Fsp3) is 0.0769. The molecule has 0 atom stereocenters. The maximum absolute atomic E-state index is 15.0. The van der Waals surface area contributed by atoms with E-state index in [9.17, 15) is 21.4 Å². The second-order valence-electron chi connectivity index (χ2n) is 11.8. The summed E-state index contributed by atoms with van der Waals surface area (Å²) in [7, 11) is -9.34. The average molecular weight is 656 g/mol. The van der Waals surface area contributed by atoms with E-state index in [1.807, 2.05) is 115 Å². The Balaban J connectivity index is 1.48. The highest BCUT2D eigenvalue weighted by Gasteiger charge is 2.32. The molecule has 1 aliphatic carbocycles. The minimum absolute atomic E-state index is 0.0103. The zero-order valence-corrected chi connectivity index (χ0v) is 26.6. The predicted molar refractivity (Wildman–Crippen MR) is 184 cm³/mol. The topological polar surface area (TPSA) is 101 Å². The van der Waals surface area contributed by atoms with Crippen molar-refractivity contribution in [2.24, 2.45) is 0 Å². The highest BCUT2D eigenvalue weighted by Crippen LogP contribution is 2.46. The van der Waals surface area contributed by atoms with Crippen LogP contribution in [0.15, 0.2) is 137 Å². The van der Waals surface area contributed by atoms with Crippen LogP contribution < -0.4 is 4.18 Å². The summed E-state index contributed by atoms with van der Waals surface area (Å²) in [5.41, 5.74) is 3.23. The van der Waals surface area contributed by atoms with Crippen LogP contribution in [0.4, 0.5) is 0 Å². The third kappa shape index (κ3) is 4.97. The summed E-state index contributed by atoms with van der Waals surface area (Å²) in [6.45, 7) is 0. The minimum Gasteiger partial charge on any atom is -0.744 e. The Kier molecular flexibility index (Phi) is 6.91. The van der Waals surface area contributed by atoms with Gasteiger partial charge in [-0.25, -0.2) is 8.42 Å². The Labute approximate surface area is 272 Å². The first-order valence-electron chi connectivity index (χ1n) is 15.3. The standard InChI is InChI=1S/C39H28O6S2/c40-46(41,42)37-23-22-36(32-19-9-20-33(32)37)45-47(43,44)39-35(31-18-7-13-25-10-1-4-15-28(25)31)24-27-12-3-6-17-30(27)38(39)34-21-8-14-26-11-2-5-16-29(26)34/h1-8,10-18,21-24H,9,19-20H2,(H,40,41,42)/p-1. The molecular weight excluding hydrogens is 629 g/mol. The molecule has 0 aliphatic heterocycles. The number of rotatable bonds is 6. The molecule has 8 rings (SSSR count). The molecule has 0 saturated heterocycles. The zero-order chi connectivity index (χ0) is 32.3. The molecule has 0 aromatic heterocycles. The molecule has 0 amide bonds. The van der Waals surface area contributed by atoms with Crippen molar-refractivity contribution in [2.75, 3.05) is 0 Å². The lowest BCUT2D eigenvalue weighted by atomic mass is 9.89. The van der Waals surface area contributed by atoms with E-state index in [0.29, 0.717) is 41.5 Å². The van der Waals surface area contributed by atoms with E-state index in [-0.39, 0.29) is 15.5 Å². The third-order valence-corrected chi connectivity index (χ3v) is 11.3. The normalized spacial score (nSPS) is 13.3. The van der Waals surface area contributed by atoms with Gasteiger partial charge in [-0.2, -0.15) is 8.42 Å². The predicted octanol–water partition coefficient (Wildman–Crippen LogP) is 8.64. The quantitative estimate of drug-likeness (QED) is 0.131. The molecule has 0 heterocycles. The van der Waals surface area contributed by atoms with Crippen molar-refractivity contribution in [2.45, 2.75) is 29.1 Å². The summed E-state index contributed by atoms with van der Waals surface area (Å²) in [6.07, 6.45) is 1.33. The molecule has 1 aliphatic rings. The number of fused-ring (bicyclic) bond motifs is 4. The fourth-order valence-electron chi connectivity index (χ4n) is 7.07. The van der Waals surface area contributed by atoms with Gasteiger partial charge in [0.1, 0.15) is 20.8 Å². The van der Waals surface area contributed by atoms with Crippen LogP contribution >= 0.6 is 0 Å². The molecule has 0 radical (unpaired) electrons. The van der Waals surface area contributed by atoms with E-state index in [4.69, 9.17) is 4.18 Å².